The molecule has 0 fully saturated rings. The van der Waals surface area contributed by atoms with E-state index in [1.165, 1.54) is 16.7 Å². The van der Waals surface area contributed by atoms with Gasteiger partial charge in [0.2, 0.25) is 5.91 Å². The summed E-state index contributed by atoms with van der Waals surface area (Å²) in [5, 5.41) is 2.99. The van der Waals surface area contributed by atoms with Crippen molar-refractivity contribution in [2.45, 2.75) is 34.1 Å². The minimum Gasteiger partial charge on any atom is -0.355 e. The molecule has 1 aromatic carbocycles. The highest BCUT2D eigenvalue weighted by molar-refractivity contribution is 5.79. The second-order valence-electron chi connectivity index (χ2n) is 5.56. The SMILES string of the molecule is Cc1ccc(CCNC(=O)C(CN)C(C)C)c(C)c1. The Morgan fingerprint density at radius 2 is 2.00 bits per heavy atom. The van der Waals surface area contributed by atoms with Crippen LogP contribution in [0.2, 0.25) is 0 Å². The van der Waals surface area contributed by atoms with Gasteiger partial charge in [0.1, 0.15) is 0 Å². The second kappa shape index (κ2) is 7.29. The number of benzene rings is 1. The van der Waals surface area contributed by atoms with Crippen molar-refractivity contribution in [2.24, 2.45) is 17.6 Å². The van der Waals surface area contributed by atoms with E-state index in [0.29, 0.717) is 13.1 Å². The number of carbonyl (C=O) groups is 1. The first-order chi connectivity index (χ1) is 8.95. The van der Waals surface area contributed by atoms with Crippen LogP contribution in [-0.4, -0.2) is 19.0 Å². The summed E-state index contributed by atoms with van der Waals surface area (Å²) >= 11 is 0. The average Bonchev–Trinajstić information content (AvgIpc) is 2.32. The summed E-state index contributed by atoms with van der Waals surface area (Å²) in [4.78, 5) is 12.0. The largest absolute Gasteiger partial charge is 0.355 e. The fraction of sp³-hybridized carbons (Fsp3) is 0.562. The number of aryl methyl sites for hydroxylation is 2. The van der Waals surface area contributed by atoms with Crippen LogP contribution >= 0.6 is 0 Å². The molecule has 19 heavy (non-hydrogen) atoms. The van der Waals surface area contributed by atoms with Gasteiger partial charge in [0, 0.05) is 13.1 Å². The Morgan fingerprint density at radius 3 is 2.53 bits per heavy atom. The Hall–Kier alpha value is -1.35. The van der Waals surface area contributed by atoms with Crippen LogP contribution in [0.1, 0.15) is 30.5 Å². The van der Waals surface area contributed by atoms with Crippen molar-refractivity contribution in [1.29, 1.82) is 0 Å². The van der Waals surface area contributed by atoms with Gasteiger partial charge in [0.15, 0.2) is 0 Å². The molecule has 0 saturated heterocycles. The summed E-state index contributed by atoms with van der Waals surface area (Å²) in [5.74, 6) is 0.271. The number of amides is 1. The van der Waals surface area contributed by atoms with Crippen molar-refractivity contribution in [3.05, 3.63) is 34.9 Å². The number of hydrogen-bond donors (Lipinski definition) is 2. The molecule has 106 valence electrons. The molecule has 1 amide bonds. The van der Waals surface area contributed by atoms with E-state index in [2.05, 4.69) is 37.4 Å². The standard InChI is InChI=1S/C16H26N2O/c1-11(2)15(10-17)16(19)18-8-7-14-6-5-12(3)9-13(14)4/h5-6,9,11,15H,7-8,10,17H2,1-4H3,(H,18,19). The maximum absolute atomic E-state index is 12.0. The lowest BCUT2D eigenvalue weighted by Crippen LogP contribution is -2.38. The molecule has 0 aliphatic heterocycles. The van der Waals surface area contributed by atoms with Gasteiger partial charge in [-0.05, 0) is 37.3 Å². The molecule has 0 spiro atoms. The summed E-state index contributed by atoms with van der Waals surface area (Å²) in [6, 6.07) is 6.43. The average molecular weight is 262 g/mol. The van der Waals surface area contributed by atoms with Crippen molar-refractivity contribution < 1.29 is 4.79 Å². The summed E-state index contributed by atoms with van der Waals surface area (Å²) < 4.78 is 0. The fourth-order valence-corrected chi connectivity index (χ4v) is 2.26. The molecule has 0 saturated carbocycles. The van der Waals surface area contributed by atoms with Crippen molar-refractivity contribution in [2.75, 3.05) is 13.1 Å². The zero-order chi connectivity index (χ0) is 14.4. The number of nitrogens with one attached hydrogen (secondary N) is 1. The second-order valence-corrected chi connectivity index (χ2v) is 5.56. The molecule has 3 N–H and O–H groups in total. The Labute approximate surface area is 116 Å². The van der Waals surface area contributed by atoms with Crippen molar-refractivity contribution in [3.8, 4) is 0 Å². The quantitative estimate of drug-likeness (QED) is 0.825. The molecule has 0 aromatic heterocycles. The van der Waals surface area contributed by atoms with Gasteiger partial charge in [-0.1, -0.05) is 37.6 Å². The van der Waals surface area contributed by atoms with E-state index >= 15 is 0 Å². The molecule has 0 aliphatic rings. The van der Waals surface area contributed by atoms with Gasteiger partial charge in [-0.2, -0.15) is 0 Å². The lowest BCUT2D eigenvalue weighted by molar-refractivity contribution is -0.125. The Balaban J connectivity index is 2.48. The van der Waals surface area contributed by atoms with E-state index in [1.807, 2.05) is 13.8 Å². The van der Waals surface area contributed by atoms with Crippen molar-refractivity contribution >= 4 is 5.91 Å². The predicted molar refractivity (Wildman–Crippen MR) is 80.0 cm³/mol. The molecule has 1 aromatic rings. The topological polar surface area (TPSA) is 55.1 Å². The first kappa shape index (κ1) is 15.7. The van der Waals surface area contributed by atoms with Crippen LogP contribution in [0.3, 0.4) is 0 Å². The lowest BCUT2D eigenvalue weighted by Gasteiger charge is -2.18. The highest BCUT2D eigenvalue weighted by Gasteiger charge is 2.19. The monoisotopic (exact) mass is 262 g/mol. The fourth-order valence-electron chi connectivity index (χ4n) is 2.26. The number of nitrogens with two attached hydrogens (primary N) is 1. The lowest BCUT2D eigenvalue weighted by atomic mass is 9.95. The van der Waals surface area contributed by atoms with E-state index in [1.54, 1.807) is 0 Å². The number of carbonyl (C=O) groups excluding carboxylic acids is 1. The predicted octanol–water partition coefficient (Wildman–Crippen LogP) is 2.19. The van der Waals surface area contributed by atoms with Crippen LogP contribution in [0.5, 0.6) is 0 Å². The molecular weight excluding hydrogens is 236 g/mol. The summed E-state index contributed by atoms with van der Waals surface area (Å²) in [6.07, 6.45) is 0.868. The van der Waals surface area contributed by atoms with Gasteiger partial charge in [-0.3, -0.25) is 4.79 Å². The summed E-state index contributed by atoms with van der Waals surface area (Å²) in [7, 11) is 0. The van der Waals surface area contributed by atoms with Crippen LogP contribution < -0.4 is 11.1 Å². The van der Waals surface area contributed by atoms with E-state index in [-0.39, 0.29) is 17.7 Å². The zero-order valence-corrected chi connectivity index (χ0v) is 12.5. The van der Waals surface area contributed by atoms with Crippen LogP contribution in [-0.2, 0) is 11.2 Å². The Morgan fingerprint density at radius 1 is 1.32 bits per heavy atom. The van der Waals surface area contributed by atoms with Crippen LogP contribution in [0.4, 0.5) is 0 Å². The smallest absolute Gasteiger partial charge is 0.224 e. The molecule has 0 bridgehead atoms. The van der Waals surface area contributed by atoms with Crippen molar-refractivity contribution in [3.63, 3.8) is 0 Å². The molecule has 0 aliphatic carbocycles. The molecule has 3 nitrogen and oxygen atoms in total. The normalized spacial score (nSPS) is 12.5. The van der Waals surface area contributed by atoms with Crippen molar-refractivity contribution in [1.82, 2.24) is 5.32 Å². The summed E-state index contributed by atoms with van der Waals surface area (Å²) in [5.41, 5.74) is 9.49. The zero-order valence-electron chi connectivity index (χ0n) is 12.5. The first-order valence-corrected chi connectivity index (χ1v) is 6.99. The van der Waals surface area contributed by atoms with Gasteiger partial charge in [0.05, 0.1) is 5.92 Å². The van der Waals surface area contributed by atoms with Crippen LogP contribution in [0.25, 0.3) is 0 Å². The van der Waals surface area contributed by atoms with E-state index in [4.69, 9.17) is 5.73 Å². The Kier molecular flexibility index (Phi) is 6.03. The maximum Gasteiger partial charge on any atom is 0.224 e. The van der Waals surface area contributed by atoms with Gasteiger partial charge in [-0.25, -0.2) is 0 Å². The molecule has 0 radical (unpaired) electrons. The van der Waals surface area contributed by atoms with Crippen LogP contribution in [0, 0.1) is 25.7 Å². The number of hydrogen-bond acceptors (Lipinski definition) is 2. The highest BCUT2D eigenvalue weighted by atomic mass is 16.1. The first-order valence-electron chi connectivity index (χ1n) is 6.99. The maximum atomic E-state index is 12.0. The molecule has 3 heteroatoms. The van der Waals surface area contributed by atoms with Gasteiger partial charge < -0.3 is 11.1 Å². The minimum absolute atomic E-state index is 0.0715. The third-order valence-corrected chi connectivity index (χ3v) is 3.59. The third kappa shape index (κ3) is 4.67. The Bertz CT molecular complexity index is 427. The van der Waals surface area contributed by atoms with E-state index < -0.39 is 0 Å². The van der Waals surface area contributed by atoms with Gasteiger partial charge in [0.25, 0.3) is 0 Å². The molecule has 1 unspecified atom stereocenters. The number of rotatable bonds is 6. The molecule has 1 rings (SSSR count). The molecular formula is C16H26N2O. The molecule has 1 atom stereocenters. The minimum atomic E-state index is -0.0842. The summed E-state index contributed by atoms with van der Waals surface area (Å²) in [6.45, 7) is 9.34. The van der Waals surface area contributed by atoms with E-state index in [9.17, 15) is 4.79 Å². The molecule has 0 heterocycles. The third-order valence-electron chi connectivity index (χ3n) is 3.59. The van der Waals surface area contributed by atoms with E-state index in [0.717, 1.165) is 6.42 Å². The van der Waals surface area contributed by atoms with Crippen LogP contribution in [0.15, 0.2) is 18.2 Å². The van der Waals surface area contributed by atoms with Gasteiger partial charge >= 0.3 is 0 Å². The highest BCUT2D eigenvalue weighted by Crippen LogP contribution is 2.11. The van der Waals surface area contributed by atoms with Gasteiger partial charge in [-0.15, -0.1) is 0 Å².